The van der Waals surface area contributed by atoms with Gasteiger partial charge in [-0.25, -0.2) is 8.78 Å². The van der Waals surface area contributed by atoms with E-state index >= 15 is 0 Å². The van der Waals surface area contributed by atoms with Crippen molar-refractivity contribution in [1.29, 1.82) is 0 Å². The lowest BCUT2D eigenvalue weighted by Crippen LogP contribution is -2.43. The molecule has 1 aliphatic rings. The number of piperidine rings is 1. The Hall–Kier alpha value is -1.49. The highest BCUT2D eigenvalue weighted by Gasteiger charge is 2.28. The first-order valence-electron chi connectivity index (χ1n) is 6.83. The number of likely N-dealkylation sites (tertiary alicyclic amines) is 1. The van der Waals surface area contributed by atoms with Gasteiger partial charge in [0, 0.05) is 25.1 Å². The largest absolute Gasteiger partial charge is 0.393 e. The van der Waals surface area contributed by atoms with E-state index in [1.165, 1.54) is 17.9 Å². The van der Waals surface area contributed by atoms with E-state index in [0.717, 1.165) is 18.9 Å². The van der Waals surface area contributed by atoms with Crippen molar-refractivity contribution in [2.24, 2.45) is 5.92 Å². The molecule has 2 rings (SSSR count). The fourth-order valence-corrected chi connectivity index (χ4v) is 2.58. The standard InChI is InChI=1S/C15H19F2NO2/c1-9-6-12(14(17)7-13(9)16)15(20)18-5-3-4-11(8-18)10(2)19/h6-7,10-11,19H,3-5,8H2,1-2H3. The van der Waals surface area contributed by atoms with Gasteiger partial charge in [0.1, 0.15) is 11.6 Å². The van der Waals surface area contributed by atoms with Gasteiger partial charge >= 0.3 is 0 Å². The summed E-state index contributed by atoms with van der Waals surface area (Å²) in [6.07, 6.45) is 1.14. The second-order valence-corrected chi connectivity index (χ2v) is 5.48. The van der Waals surface area contributed by atoms with Crippen LogP contribution in [0, 0.1) is 24.5 Å². The van der Waals surface area contributed by atoms with Crippen molar-refractivity contribution in [1.82, 2.24) is 4.90 Å². The van der Waals surface area contributed by atoms with Crippen LogP contribution in [0.25, 0.3) is 0 Å². The molecule has 0 radical (unpaired) electrons. The van der Waals surface area contributed by atoms with Crippen molar-refractivity contribution in [3.63, 3.8) is 0 Å². The third-order valence-corrected chi connectivity index (χ3v) is 3.91. The first kappa shape index (κ1) is 14.9. The van der Waals surface area contributed by atoms with Crippen LogP contribution < -0.4 is 0 Å². The molecule has 1 aromatic rings. The van der Waals surface area contributed by atoms with Gasteiger partial charge in [-0.3, -0.25) is 4.79 Å². The Balaban J connectivity index is 2.21. The van der Waals surface area contributed by atoms with Crippen molar-refractivity contribution in [3.05, 3.63) is 34.9 Å². The number of benzene rings is 1. The van der Waals surface area contributed by atoms with Crippen LogP contribution in [-0.2, 0) is 0 Å². The van der Waals surface area contributed by atoms with Crippen molar-refractivity contribution >= 4 is 5.91 Å². The van der Waals surface area contributed by atoms with Crippen LogP contribution in [0.2, 0.25) is 0 Å². The van der Waals surface area contributed by atoms with E-state index in [-0.39, 0.29) is 17.0 Å². The molecule has 2 unspecified atom stereocenters. The van der Waals surface area contributed by atoms with Crippen LogP contribution in [-0.4, -0.2) is 35.1 Å². The molecule has 1 aromatic carbocycles. The predicted molar refractivity (Wildman–Crippen MR) is 71.4 cm³/mol. The van der Waals surface area contributed by atoms with Gasteiger partial charge < -0.3 is 10.0 Å². The van der Waals surface area contributed by atoms with Gasteiger partial charge in [0.2, 0.25) is 0 Å². The molecule has 0 saturated carbocycles. The van der Waals surface area contributed by atoms with E-state index in [1.54, 1.807) is 6.92 Å². The quantitative estimate of drug-likeness (QED) is 0.906. The molecule has 2 atom stereocenters. The highest BCUT2D eigenvalue weighted by molar-refractivity contribution is 5.94. The number of amides is 1. The lowest BCUT2D eigenvalue weighted by atomic mass is 9.93. The second kappa shape index (κ2) is 5.87. The minimum absolute atomic E-state index is 0.0114. The molecule has 5 heteroatoms. The van der Waals surface area contributed by atoms with E-state index < -0.39 is 23.6 Å². The summed E-state index contributed by atoms with van der Waals surface area (Å²) in [6.45, 7) is 4.14. The fourth-order valence-electron chi connectivity index (χ4n) is 2.58. The van der Waals surface area contributed by atoms with Crippen LogP contribution in [0.15, 0.2) is 12.1 Å². The number of carbonyl (C=O) groups is 1. The highest BCUT2D eigenvalue weighted by atomic mass is 19.1. The molecule has 1 aliphatic heterocycles. The average molecular weight is 283 g/mol. The molecule has 20 heavy (non-hydrogen) atoms. The number of hydrogen-bond acceptors (Lipinski definition) is 2. The molecule has 0 aromatic heterocycles. The number of rotatable bonds is 2. The molecule has 1 amide bonds. The van der Waals surface area contributed by atoms with Gasteiger partial charge in [-0.05, 0) is 38.3 Å². The van der Waals surface area contributed by atoms with E-state index in [4.69, 9.17) is 0 Å². The lowest BCUT2D eigenvalue weighted by Gasteiger charge is -2.34. The molecule has 0 aliphatic carbocycles. The van der Waals surface area contributed by atoms with E-state index in [2.05, 4.69) is 0 Å². The zero-order valence-electron chi connectivity index (χ0n) is 11.7. The molecule has 0 bridgehead atoms. The minimum atomic E-state index is -0.836. The summed E-state index contributed by atoms with van der Waals surface area (Å²) in [5.74, 6) is -1.91. The molecule has 1 N–H and O–H groups in total. The Kier molecular flexibility index (Phi) is 4.38. The molecule has 110 valence electrons. The number of nitrogens with zero attached hydrogens (tertiary/aromatic N) is 1. The summed E-state index contributed by atoms with van der Waals surface area (Å²) in [5.41, 5.74) is 0.147. The Labute approximate surface area is 117 Å². The number of halogens is 2. The fraction of sp³-hybridized carbons (Fsp3) is 0.533. The van der Waals surface area contributed by atoms with Crippen LogP contribution in [0.4, 0.5) is 8.78 Å². The average Bonchev–Trinajstić information content (AvgIpc) is 2.42. The second-order valence-electron chi connectivity index (χ2n) is 5.48. The number of aliphatic hydroxyl groups excluding tert-OH is 1. The summed E-state index contributed by atoms with van der Waals surface area (Å²) in [4.78, 5) is 13.9. The molecule has 1 saturated heterocycles. The SMILES string of the molecule is Cc1cc(C(=O)N2CCCC(C(C)O)C2)c(F)cc1F. The Morgan fingerprint density at radius 2 is 2.10 bits per heavy atom. The molecule has 1 heterocycles. The molecular formula is C15H19F2NO2. The Morgan fingerprint density at radius 3 is 2.75 bits per heavy atom. The number of aryl methyl sites for hydroxylation is 1. The summed E-state index contributed by atoms with van der Waals surface area (Å²) in [6, 6.07) is 2.00. The zero-order chi connectivity index (χ0) is 14.9. The van der Waals surface area contributed by atoms with Gasteiger partial charge in [0.15, 0.2) is 0 Å². The summed E-state index contributed by atoms with van der Waals surface area (Å²) >= 11 is 0. The van der Waals surface area contributed by atoms with Crippen LogP contribution in [0.3, 0.4) is 0 Å². The van der Waals surface area contributed by atoms with Crippen molar-refractivity contribution in [2.45, 2.75) is 32.8 Å². The maximum absolute atomic E-state index is 13.8. The topological polar surface area (TPSA) is 40.5 Å². The van der Waals surface area contributed by atoms with Gasteiger partial charge in [-0.15, -0.1) is 0 Å². The monoisotopic (exact) mass is 283 g/mol. The predicted octanol–water partition coefficient (Wildman–Crippen LogP) is 2.51. The maximum Gasteiger partial charge on any atom is 0.256 e. The van der Waals surface area contributed by atoms with Crippen LogP contribution >= 0.6 is 0 Å². The van der Waals surface area contributed by atoms with Gasteiger partial charge in [-0.1, -0.05) is 0 Å². The number of carbonyl (C=O) groups excluding carboxylic acids is 1. The molecular weight excluding hydrogens is 264 g/mol. The summed E-state index contributed by atoms with van der Waals surface area (Å²) in [5, 5.41) is 9.62. The third kappa shape index (κ3) is 2.98. The van der Waals surface area contributed by atoms with E-state index in [0.29, 0.717) is 13.1 Å². The molecule has 3 nitrogen and oxygen atoms in total. The Morgan fingerprint density at radius 1 is 1.40 bits per heavy atom. The van der Waals surface area contributed by atoms with Crippen molar-refractivity contribution < 1.29 is 18.7 Å². The number of aliphatic hydroxyl groups is 1. The minimum Gasteiger partial charge on any atom is -0.393 e. The summed E-state index contributed by atoms with van der Waals surface area (Å²) < 4.78 is 27.0. The summed E-state index contributed by atoms with van der Waals surface area (Å²) in [7, 11) is 0. The highest BCUT2D eigenvalue weighted by Crippen LogP contribution is 2.23. The van der Waals surface area contributed by atoms with Crippen molar-refractivity contribution in [3.8, 4) is 0 Å². The molecule has 0 spiro atoms. The molecule has 1 fully saturated rings. The third-order valence-electron chi connectivity index (χ3n) is 3.91. The lowest BCUT2D eigenvalue weighted by molar-refractivity contribution is 0.0462. The zero-order valence-corrected chi connectivity index (χ0v) is 11.7. The van der Waals surface area contributed by atoms with Crippen LogP contribution in [0.5, 0.6) is 0 Å². The van der Waals surface area contributed by atoms with Gasteiger partial charge in [0.25, 0.3) is 5.91 Å². The first-order valence-corrected chi connectivity index (χ1v) is 6.83. The van der Waals surface area contributed by atoms with Gasteiger partial charge in [-0.2, -0.15) is 0 Å². The van der Waals surface area contributed by atoms with Crippen molar-refractivity contribution in [2.75, 3.05) is 13.1 Å². The van der Waals surface area contributed by atoms with Crippen LogP contribution in [0.1, 0.15) is 35.7 Å². The normalized spacial score (nSPS) is 20.9. The Bertz CT molecular complexity index is 517. The van der Waals surface area contributed by atoms with E-state index in [9.17, 15) is 18.7 Å². The maximum atomic E-state index is 13.8. The van der Waals surface area contributed by atoms with E-state index in [1.807, 2.05) is 0 Å². The smallest absolute Gasteiger partial charge is 0.256 e. The van der Waals surface area contributed by atoms with Gasteiger partial charge in [0.05, 0.1) is 11.7 Å². The first-order chi connectivity index (χ1) is 9.40. The number of hydrogen-bond donors (Lipinski definition) is 1.